The summed E-state index contributed by atoms with van der Waals surface area (Å²) >= 11 is 5.71. The Labute approximate surface area is 157 Å². The van der Waals surface area contributed by atoms with Gasteiger partial charge < -0.3 is 14.9 Å². The van der Waals surface area contributed by atoms with Crippen molar-refractivity contribution in [1.82, 2.24) is 0 Å². The fourth-order valence-electron chi connectivity index (χ4n) is 2.34. The summed E-state index contributed by atoms with van der Waals surface area (Å²) in [5.41, 5.74) is 3.79. The number of nitro groups is 1. The highest BCUT2D eigenvalue weighted by Gasteiger charge is 2.30. The molecule has 0 atom stereocenters. The molecule has 1 heterocycles. The highest BCUT2D eigenvalue weighted by Crippen LogP contribution is 2.29. The van der Waals surface area contributed by atoms with E-state index in [1.54, 1.807) is 6.92 Å². The first kappa shape index (κ1) is 19.9. The summed E-state index contributed by atoms with van der Waals surface area (Å²) in [6.45, 7) is 2.99. The van der Waals surface area contributed by atoms with Crippen molar-refractivity contribution in [3.05, 3.63) is 55.8 Å². The molecule has 0 bridgehead atoms. The number of furan rings is 1. The quantitative estimate of drug-likeness (QED) is 0.432. The predicted molar refractivity (Wildman–Crippen MR) is 94.0 cm³/mol. The Kier molecular flexibility index (Phi) is 5.81. The van der Waals surface area contributed by atoms with Gasteiger partial charge in [0.15, 0.2) is 0 Å². The van der Waals surface area contributed by atoms with Crippen molar-refractivity contribution in [3.8, 4) is 0 Å². The maximum Gasteiger partial charge on any atom is 0.342 e. The van der Waals surface area contributed by atoms with Gasteiger partial charge in [0.05, 0.1) is 11.5 Å². The van der Waals surface area contributed by atoms with Gasteiger partial charge in [-0.15, -0.1) is 0 Å². The second-order valence-electron chi connectivity index (χ2n) is 5.19. The number of hydrogen-bond donors (Lipinski definition) is 2. The van der Waals surface area contributed by atoms with E-state index < -0.39 is 39.8 Å². The maximum absolute atomic E-state index is 12.5. The zero-order valence-electron chi connectivity index (χ0n) is 14.2. The predicted octanol–water partition coefficient (Wildman–Crippen LogP) is 2.68. The van der Waals surface area contributed by atoms with E-state index in [1.165, 1.54) is 13.0 Å². The molecule has 0 aliphatic rings. The van der Waals surface area contributed by atoms with Gasteiger partial charge in [-0.3, -0.25) is 25.0 Å². The Morgan fingerprint density at radius 3 is 2.56 bits per heavy atom. The number of nitrogens with two attached hydrogens (primary N) is 1. The van der Waals surface area contributed by atoms with Crippen molar-refractivity contribution in [2.75, 3.05) is 11.9 Å². The molecule has 0 radical (unpaired) electrons. The second kappa shape index (κ2) is 7.87. The number of halogens is 1. The smallest absolute Gasteiger partial charge is 0.342 e. The molecule has 3 N–H and O–H groups in total. The maximum atomic E-state index is 12.5. The number of carbonyl (C=O) groups excluding carboxylic acids is 3. The molecule has 2 amide bonds. The number of ether oxygens (including phenoxy) is 1. The van der Waals surface area contributed by atoms with E-state index in [2.05, 4.69) is 5.32 Å². The summed E-state index contributed by atoms with van der Waals surface area (Å²) in [6.07, 6.45) is 0. The van der Waals surface area contributed by atoms with Crippen LogP contribution >= 0.6 is 11.6 Å². The van der Waals surface area contributed by atoms with Crippen LogP contribution in [-0.2, 0) is 4.74 Å². The van der Waals surface area contributed by atoms with Gasteiger partial charge in [-0.05, 0) is 26.0 Å². The largest absolute Gasteiger partial charge is 0.462 e. The summed E-state index contributed by atoms with van der Waals surface area (Å²) in [6, 6.07) is 3.43. The minimum absolute atomic E-state index is 0.0110. The highest BCUT2D eigenvalue weighted by atomic mass is 35.5. The van der Waals surface area contributed by atoms with Crippen LogP contribution in [0.2, 0.25) is 5.02 Å². The molecule has 0 saturated heterocycles. The zero-order chi connectivity index (χ0) is 20.3. The molecule has 0 aliphatic carbocycles. The summed E-state index contributed by atoms with van der Waals surface area (Å²) in [7, 11) is 0. The first-order chi connectivity index (χ1) is 12.7. The lowest BCUT2D eigenvalue weighted by Crippen LogP contribution is -2.20. The van der Waals surface area contributed by atoms with Crippen molar-refractivity contribution in [2.45, 2.75) is 13.8 Å². The second-order valence-corrected chi connectivity index (χ2v) is 5.63. The van der Waals surface area contributed by atoms with Gasteiger partial charge in [0.2, 0.25) is 5.88 Å². The first-order valence-corrected chi connectivity index (χ1v) is 7.90. The number of hydrogen-bond acceptors (Lipinski definition) is 7. The van der Waals surface area contributed by atoms with Gasteiger partial charge in [0.1, 0.15) is 22.5 Å². The summed E-state index contributed by atoms with van der Waals surface area (Å²) < 4.78 is 10.1. The van der Waals surface area contributed by atoms with Gasteiger partial charge in [-0.1, -0.05) is 11.6 Å². The topological polar surface area (TPSA) is 155 Å². The molecule has 10 nitrogen and oxygen atoms in total. The number of benzene rings is 1. The SMILES string of the molecule is CCOC(=O)c1c(C)oc(NC(=O)c2ccc(Cl)cc2[N+](=O)[O-])c1C(N)=O. The highest BCUT2D eigenvalue weighted by molar-refractivity contribution is 6.31. The molecule has 0 unspecified atom stereocenters. The number of esters is 1. The van der Waals surface area contributed by atoms with Crippen LogP contribution in [0.1, 0.15) is 43.8 Å². The monoisotopic (exact) mass is 395 g/mol. The lowest BCUT2D eigenvalue weighted by Gasteiger charge is -2.06. The van der Waals surface area contributed by atoms with Gasteiger partial charge in [-0.25, -0.2) is 4.79 Å². The van der Waals surface area contributed by atoms with E-state index in [1.807, 2.05) is 0 Å². The van der Waals surface area contributed by atoms with Crippen LogP contribution in [0.3, 0.4) is 0 Å². The normalized spacial score (nSPS) is 10.3. The number of primary amides is 1. The number of aryl methyl sites for hydroxylation is 1. The van der Waals surface area contributed by atoms with Gasteiger partial charge >= 0.3 is 5.97 Å². The van der Waals surface area contributed by atoms with Crippen LogP contribution in [0.4, 0.5) is 11.6 Å². The molecule has 0 spiro atoms. The number of nitrogens with one attached hydrogen (secondary N) is 1. The number of nitrogens with zero attached hydrogens (tertiary/aromatic N) is 1. The van der Waals surface area contributed by atoms with E-state index in [0.29, 0.717) is 0 Å². The molecule has 1 aromatic carbocycles. The third-order valence-corrected chi connectivity index (χ3v) is 3.67. The zero-order valence-corrected chi connectivity index (χ0v) is 15.0. The minimum Gasteiger partial charge on any atom is -0.462 e. The molecule has 11 heteroatoms. The van der Waals surface area contributed by atoms with Crippen LogP contribution in [0.25, 0.3) is 0 Å². The molecule has 0 aliphatic heterocycles. The number of anilines is 1. The van der Waals surface area contributed by atoms with Gasteiger partial charge in [0, 0.05) is 11.1 Å². The number of rotatable bonds is 6. The van der Waals surface area contributed by atoms with Crippen molar-refractivity contribution in [1.29, 1.82) is 0 Å². The Bertz CT molecular complexity index is 952. The van der Waals surface area contributed by atoms with Crippen LogP contribution in [0, 0.1) is 17.0 Å². The summed E-state index contributed by atoms with van der Waals surface area (Å²) in [5, 5.41) is 13.4. The van der Waals surface area contributed by atoms with E-state index in [4.69, 9.17) is 26.5 Å². The molecule has 0 fully saturated rings. The molecular formula is C16H14ClN3O7. The van der Waals surface area contributed by atoms with Crippen LogP contribution in [-0.4, -0.2) is 29.3 Å². The summed E-state index contributed by atoms with van der Waals surface area (Å²) in [5.74, 6) is -3.29. The molecular weight excluding hydrogens is 382 g/mol. The average molecular weight is 396 g/mol. The summed E-state index contributed by atoms with van der Waals surface area (Å²) in [4.78, 5) is 46.6. The lowest BCUT2D eigenvalue weighted by atomic mass is 10.1. The third kappa shape index (κ3) is 4.06. The van der Waals surface area contributed by atoms with Gasteiger partial charge in [-0.2, -0.15) is 0 Å². The fourth-order valence-corrected chi connectivity index (χ4v) is 2.50. The lowest BCUT2D eigenvalue weighted by molar-refractivity contribution is -0.385. The molecule has 142 valence electrons. The molecule has 1 aromatic heterocycles. The van der Waals surface area contributed by atoms with E-state index in [0.717, 1.165) is 12.1 Å². The Morgan fingerprint density at radius 2 is 2.00 bits per heavy atom. The van der Waals surface area contributed by atoms with Crippen molar-refractivity contribution in [3.63, 3.8) is 0 Å². The standard InChI is InChI=1S/C16H14ClN3O7/c1-3-26-16(23)11-7(2)27-15(12(11)13(18)21)19-14(22)9-5-4-8(17)6-10(9)20(24)25/h4-6H,3H2,1-2H3,(H2,18,21)(H,19,22). The third-order valence-electron chi connectivity index (χ3n) is 3.44. The average Bonchev–Trinajstić information content (AvgIpc) is 2.90. The Balaban J connectivity index is 2.48. The van der Waals surface area contributed by atoms with Crippen LogP contribution in [0.15, 0.2) is 22.6 Å². The minimum atomic E-state index is -1.05. The molecule has 2 rings (SSSR count). The van der Waals surface area contributed by atoms with Gasteiger partial charge in [0.25, 0.3) is 17.5 Å². The Morgan fingerprint density at radius 1 is 1.33 bits per heavy atom. The number of carbonyl (C=O) groups is 3. The molecule has 2 aromatic rings. The molecule has 27 heavy (non-hydrogen) atoms. The van der Waals surface area contributed by atoms with E-state index in [9.17, 15) is 24.5 Å². The van der Waals surface area contributed by atoms with Crippen LogP contribution in [0.5, 0.6) is 0 Å². The number of amides is 2. The van der Waals surface area contributed by atoms with E-state index >= 15 is 0 Å². The fraction of sp³-hybridized carbons (Fsp3) is 0.188. The Hall–Kier alpha value is -3.40. The molecule has 0 saturated carbocycles. The van der Waals surface area contributed by atoms with Crippen molar-refractivity contribution in [2.24, 2.45) is 5.73 Å². The van der Waals surface area contributed by atoms with E-state index in [-0.39, 0.29) is 28.5 Å². The van der Waals surface area contributed by atoms with Crippen molar-refractivity contribution < 1.29 is 28.5 Å². The van der Waals surface area contributed by atoms with Crippen molar-refractivity contribution >= 4 is 41.0 Å². The van der Waals surface area contributed by atoms with Crippen LogP contribution < -0.4 is 11.1 Å². The first-order valence-electron chi connectivity index (χ1n) is 7.52. The number of nitro benzene ring substituents is 1.